The quantitative estimate of drug-likeness (QED) is 0.424. The molecule has 3 aromatic heterocycles. The highest BCUT2D eigenvalue weighted by molar-refractivity contribution is 5.76. The predicted molar refractivity (Wildman–Crippen MR) is 136 cm³/mol. The van der Waals surface area contributed by atoms with Crippen molar-refractivity contribution in [3.63, 3.8) is 0 Å². The third kappa shape index (κ3) is 4.45. The number of carbonyl (C=O) groups excluding carboxylic acids is 1. The smallest absolute Gasteiger partial charge is 0.222 e. The van der Waals surface area contributed by atoms with Crippen LogP contribution >= 0.6 is 0 Å². The lowest BCUT2D eigenvalue weighted by molar-refractivity contribution is -0.130. The summed E-state index contributed by atoms with van der Waals surface area (Å²) < 4.78 is 3.55. The molecule has 0 spiro atoms. The summed E-state index contributed by atoms with van der Waals surface area (Å²) in [4.78, 5) is 15.2. The molecule has 5 rings (SSSR count). The van der Waals surface area contributed by atoms with Gasteiger partial charge in [0, 0.05) is 25.2 Å². The number of hydrogen-bond acceptors (Lipinski definition) is 6. The molecule has 2 unspecified atom stereocenters. The van der Waals surface area contributed by atoms with Crippen molar-refractivity contribution < 1.29 is 9.90 Å². The van der Waals surface area contributed by atoms with E-state index in [0.29, 0.717) is 36.1 Å². The second-order valence-electron chi connectivity index (χ2n) is 9.76. The number of carbonyl (C=O) groups is 1. The first-order valence-corrected chi connectivity index (χ1v) is 12.7. The first kappa shape index (κ1) is 24.0. The van der Waals surface area contributed by atoms with Crippen LogP contribution < -0.4 is 0 Å². The van der Waals surface area contributed by atoms with Gasteiger partial charge >= 0.3 is 0 Å². The van der Waals surface area contributed by atoms with Crippen LogP contribution in [0.25, 0.3) is 11.5 Å². The van der Waals surface area contributed by atoms with Crippen LogP contribution in [0.4, 0.5) is 0 Å². The van der Waals surface area contributed by atoms with E-state index in [2.05, 4.69) is 22.2 Å². The van der Waals surface area contributed by atoms with Crippen LogP contribution in [0.3, 0.4) is 0 Å². The molecule has 0 aliphatic carbocycles. The van der Waals surface area contributed by atoms with E-state index in [4.69, 9.17) is 5.10 Å². The molecule has 1 aliphatic heterocycles. The number of amides is 1. The number of aryl methyl sites for hydroxylation is 2. The number of nitrogens with zero attached hydrogens (tertiary/aromatic N) is 7. The molecule has 1 aliphatic rings. The zero-order chi connectivity index (χ0) is 25.4. The molecule has 1 saturated heterocycles. The molecule has 1 fully saturated rings. The van der Waals surface area contributed by atoms with Crippen LogP contribution in [0.1, 0.15) is 60.4 Å². The minimum Gasteiger partial charge on any atom is -0.508 e. The van der Waals surface area contributed by atoms with Crippen molar-refractivity contribution in [3.05, 3.63) is 64.7 Å². The minimum absolute atomic E-state index is 0.198. The summed E-state index contributed by atoms with van der Waals surface area (Å²) in [6.45, 7) is 9.67. The Morgan fingerprint density at radius 1 is 1.08 bits per heavy atom. The van der Waals surface area contributed by atoms with E-state index in [-0.39, 0.29) is 11.7 Å². The van der Waals surface area contributed by atoms with Crippen molar-refractivity contribution in [2.45, 2.75) is 59.3 Å². The van der Waals surface area contributed by atoms with Gasteiger partial charge in [0.1, 0.15) is 5.75 Å². The summed E-state index contributed by atoms with van der Waals surface area (Å²) in [5.41, 5.74) is 4.94. The van der Waals surface area contributed by atoms with Gasteiger partial charge < -0.3 is 10.0 Å². The van der Waals surface area contributed by atoms with Crippen molar-refractivity contribution in [2.75, 3.05) is 13.1 Å². The third-order valence-corrected chi connectivity index (χ3v) is 7.56. The molecule has 9 heteroatoms. The van der Waals surface area contributed by atoms with Crippen molar-refractivity contribution >= 4 is 11.6 Å². The standard InChI is InChI=1S/C27H33N7O2/c1-5-23(20-6-8-22(35)9-7-20)21-14-15-32(16-21)27(36)13-10-24-17(2)30-33(18(24)3)26-12-11-25-29-28-19(4)34(25)31-26/h6-9,11-12,21,23,35H,5,10,13-16H2,1-4H3. The lowest BCUT2D eigenvalue weighted by Crippen LogP contribution is -2.29. The average Bonchev–Trinajstić information content (AvgIpc) is 3.58. The molecule has 2 atom stereocenters. The molecule has 36 heavy (non-hydrogen) atoms. The maximum absolute atomic E-state index is 13.1. The second kappa shape index (κ2) is 9.72. The molecule has 4 heterocycles. The van der Waals surface area contributed by atoms with Gasteiger partial charge in [-0.2, -0.15) is 9.61 Å². The van der Waals surface area contributed by atoms with Crippen LogP contribution in [0.2, 0.25) is 0 Å². The van der Waals surface area contributed by atoms with Crippen LogP contribution in [0, 0.1) is 26.7 Å². The second-order valence-corrected chi connectivity index (χ2v) is 9.76. The highest BCUT2D eigenvalue weighted by Gasteiger charge is 2.32. The summed E-state index contributed by atoms with van der Waals surface area (Å²) in [7, 11) is 0. The van der Waals surface area contributed by atoms with Gasteiger partial charge in [0.2, 0.25) is 5.91 Å². The highest BCUT2D eigenvalue weighted by Crippen LogP contribution is 2.35. The maximum Gasteiger partial charge on any atom is 0.222 e. The fourth-order valence-corrected chi connectivity index (χ4v) is 5.55. The first-order chi connectivity index (χ1) is 17.4. The van der Waals surface area contributed by atoms with E-state index < -0.39 is 0 Å². The van der Waals surface area contributed by atoms with Crippen LogP contribution in [-0.2, 0) is 11.2 Å². The zero-order valence-corrected chi connectivity index (χ0v) is 21.3. The minimum atomic E-state index is 0.198. The number of benzene rings is 1. The molecule has 0 bridgehead atoms. The number of rotatable bonds is 7. The van der Waals surface area contributed by atoms with Crippen LogP contribution in [0.5, 0.6) is 5.75 Å². The fraction of sp³-hybridized carbons (Fsp3) is 0.444. The SMILES string of the molecule is CCC(c1ccc(O)cc1)C1CCN(C(=O)CCc2c(C)nn(-c3ccc4nnc(C)n4n3)c2C)C1. The van der Waals surface area contributed by atoms with Crippen molar-refractivity contribution in [1.29, 1.82) is 0 Å². The topological polar surface area (TPSA) is 101 Å². The van der Waals surface area contributed by atoms with Gasteiger partial charge in [-0.3, -0.25) is 4.79 Å². The van der Waals surface area contributed by atoms with Gasteiger partial charge in [0.05, 0.1) is 5.69 Å². The molecular weight excluding hydrogens is 454 g/mol. The third-order valence-electron chi connectivity index (χ3n) is 7.56. The Labute approximate surface area is 210 Å². The Bertz CT molecular complexity index is 1390. The number of hydrogen-bond donors (Lipinski definition) is 1. The van der Waals surface area contributed by atoms with Gasteiger partial charge in [-0.15, -0.1) is 15.3 Å². The van der Waals surface area contributed by atoms with Crippen molar-refractivity contribution in [2.24, 2.45) is 5.92 Å². The van der Waals surface area contributed by atoms with Gasteiger partial charge in [0.15, 0.2) is 17.3 Å². The number of phenolic OH excluding ortho intramolecular Hbond substituents is 1. The van der Waals surface area contributed by atoms with Crippen molar-refractivity contribution in [3.8, 4) is 11.6 Å². The number of aromatic nitrogens is 6. The lowest BCUT2D eigenvalue weighted by Gasteiger charge is -2.23. The average molecular weight is 488 g/mol. The molecule has 0 saturated carbocycles. The Hall–Kier alpha value is -3.75. The van der Waals surface area contributed by atoms with E-state index in [0.717, 1.165) is 48.7 Å². The fourth-order valence-electron chi connectivity index (χ4n) is 5.55. The highest BCUT2D eigenvalue weighted by atomic mass is 16.3. The Balaban J connectivity index is 1.25. The summed E-state index contributed by atoms with van der Waals surface area (Å²) >= 11 is 0. The zero-order valence-electron chi connectivity index (χ0n) is 21.3. The van der Waals surface area contributed by atoms with Crippen LogP contribution in [0.15, 0.2) is 36.4 Å². The predicted octanol–water partition coefficient (Wildman–Crippen LogP) is 3.92. The number of likely N-dealkylation sites (tertiary alicyclic amines) is 1. The van der Waals surface area contributed by atoms with E-state index in [1.807, 2.05) is 54.6 Å². The molecule has 1 N–H and O–H groups in total. The first-order valence-electron chi connectivity index (χ1n) is 12.7. The number of fused-ring (bicyclic) bond motifs is 1. The van der Waals surface area contributed by atoms with Gasteiger partial charge in [-0.25, -0.2) is 4.68 Å². The molecule has 188 valence electrons. The molecule has 0 radical (unpaired) electrons. The Morgan fingerprint density at radius 3 is 2.61 bits per heavy atom. The molecule has 1 aromatic carbocycles. The van der Waals surface area contributed by atoms with E-state index in [1.54, 1.807) is 16.6 Å². The summed E-state index contributed by atoms with van der Waals surface area (Å²) in [5.74, 6) is 2.74. The summed E-state index contributed by atoms with van der Waals surface area (Å²) in [6.07, 6.45) is 3.15. The lowest BCUT2D eigenvalue weighted by atomic mass is 9.83. The normalized spacial score (nSPS) is 16.7. The molecular formula is C27H33N7O2. The van der Waals surface area contributed by atoms with E-state index >= 15 is 0 Å². The summed E-state index contributed by atoms with van der Waals surface area (Å²) in [5, 5.41) is 27.2. The van der Waals surface area contributed by atoms with Crippen molar-refractivity contribution in [1.82, 2.24) is 34.5 Å². The van der Waals surface area contributed by atoms with E-state index in [1.165, 1.54) is 5.56 Å². The van der Waals surface area contributed by atoms with Gasteiger partial charge in [-0.1, -0.05) is 19.1 Å². The number of aromatic hydroxyl groups is 1. The van der Waals surface area contributed by atoms with E-state index in [9.17, 15) is 9.90 Å². The maximum atomic E-state index is 13.1. The largest absolute Gasteiger partial charge is 0.508 e. The Morgan fingerprint density at radius 2 is 1.86 bits per heavy atom. The van der Waals surface area contributed by atoms with Crippen LogP contribution in [-0.4, -0.2) is 58.6 Å². The molecule has 9 nitrogen and oxygen atoms in total. The summed E-state index contributed by atoms with van der Waals surface area (Å²) in [6, 6.07) is 11.3. The van der Waals surface area contributed by atoms with Gasteiger partial charge in [0.25, 0.3) is 0 Å². The Kier molecular flexibility index (Phi) is 6.47. The van der Waals surface area contributed by atoms with Gasteiger partial charge in [-0.05, 0) is 87.3 Å². The number of phenols is 1. The monoisotopic (exact) mass is 487 g/mol. The molecule has 4 aromatic rings. The molecule has 1 amide bonds.